The lowest BCUT2D eigenvalue weighted by Gasteiger charge is -2.19. The zero-order chi connectivity index (χ0) is 18.6. The van der Waals surface area contributed by atoms with E-state index >= 15 is 0 Å². The molecule has 0 atom stereocenters. The van der Waals surface area contributed by atoms with Crippen LogP contribution < -0.4 is 9.64 Å². The smallest absolute Gasteiger partial charge is 0.128 e. The molecule has 0 radical (unpaired) electrons. The topological polar surface area (TPSA) is 36.3 Å². The fraction of sp³-hybridized carbons (Fsp3) is 0.208. The molecule has 1 saturated heterocycles. The van der Waals surface area contributed by atoms with Crippen LogP contribution in [0.25, 0.3) is 22.4 Å². The SMILES string of the molecule is COc1cc(N2CCCC2)ccc1/C=C(/C#N)c1ccc2ccccc2c1. The molecular weight excluding hydrogens is 332 g/mol. The van der Waals surface area contributed by atoms with E-state index in [9.17, 15) is 5.26 Å². The number of nitriles is 1. The number of hydrogen-bond donors (Lipinski definition) is 0. The van der Waals surface area contributed by atoms with Crippen molar-refractivity contribution >= 4 is 28.1 Å². The number of allylic oxidation sites excluding steroid dienone is 1. The summed E-state index contributed by atoms with van der Waals surface area (Å²) in [5.74, 6) is 0.799. The third-order valence-electron chi connectivity index (χ3n) is 5.17. The molecule has 27 heavy (non-hydrogen) atoms. The molecule has 134 valence electrons. The molecule has 3 aromatic carbocycles. The number of hydrogen-bond acceptors (Lipinski definition) is 3. The Bertz CT molecular complexity index is 1040. The highest BCUT2D eigenvalue weighted by Gasteiger charge is 2.14. The van der Waals surface area contributed by atoms with Crippen molar-refractivity contribution in [1.29, 1.82) is 5.26 Å². The van der Waals surface area contributed by atoms with Gasteiger partial charge in [0.05, 0.1) is 18.8 Å². The van der Waals surface area contributed by atoms with Gasteiger partial charge in [-0.3, -0.25) is 0 Å². The van der Waals surface area contributed by atoms with Crippen LogP contribution >= 0.6 is 0 Å². The molecule has 1 aliphatic rings. The summed E-state index contributed by atoms with van der Waals surface area (Å²) in [6, 6.07) is 22.9. The van der Waals surface area contributed by atoms with Gasteiger partial charge in [0.25, 0.3) is 0 Å². The predicted octanol–water partition coefficient (Wildman–Crippen LogP) is 5.51. The number of nitrogens with zero attached hydrogens (tertiary/aromatic N) is 2. The molecule has 1 aliphatic heterocycles. The molecule has 1 heterocycles. The minimum atomic E-state index is 0.632. The fourth-order valence-electron chi connectivity index (χ4n) is 3.68. The van der Waals surface area contributed by atoms with E-state index in [2.05, 4.69) is 47.4 Å². The van der Waals surface area contributed by atoms with Crippen LogP contribution in [0.2, 0.25) is 0 Å². The zero-order valence-corrected chi connectivity index (χ0v) is 15.5. The highest BCUT2D eigenvalue weighted by Crippen LogP contribution is 2.31. The van der Waals surface area contributed by atoms with Crippen LogP contribution in [0.4, 0.5) is 5.69 Å². The van der Waals surface area contributed by atoms with Gasteiger partial charge in [0.1, 0.15) is 5.75 Å². The summed E-state index contributed by atoms with van der Waals surface area (Å²) in [6.45, 7) is 2.19. The molecule has 3 aromatic rings. The molecule has 0 saturated carbocycles. The Morgan fingerprint density at radius 2 is 1.78 bits per heavy atom. The summed E-state index contributed by atoms with van der Waals surface area (Å²) in [4.78, 5) is 2.38. The van der Waals surface area contributed by atoms with Crippen LogP contribution in [0, 0.1) is 11.3 Å². The second-order valence-electron chi connectivity index (χ2n) is 6.85. The van der Waals surface area contributed by atoms with E-state index in [4.69, 9.17) is 4.74 Å². The van der Waals surface area contributed by atoms with Crippen molar-refractivity contribution in [1.82, 2.24) is 0 Å². The van der Waals surface area contributed by atoms with Crippen molar-refractivity contribution in [2.24, 2.45) is 0 Å². The van der Waals surface area contributed by atoms with Crippen LogP contribution in [0.15, 0.2) is 60.7 Å². The molecule has 0 aliphatic carbocycles. The average Bonchev–Trinajstić information content (AvgIpc) is 3.26. The Balaban J connectivity index is 1.72. The van der Waals surface area contributed by atoms with E-state index in [1.807, 2.05) is 30.3 Å². The fourth-order valence-corrected chi connectivity index (χ4v) is 3.68. The normalized spacial score (nSPS) is 14.4. The molecule has 0 unspecified atom stereocenters. The van der Waals surface area contributed by atoms with E-state index < -0.39 is 0 Å². The van der Waals surface area contributed by atoms with E-state index in [-0.39, 0.29) is 0 Å². The maximum atomic E-state index is 9.74. The van der Waals surface area contributed by atoms with Crippen LogP contribution in [-0.2, 0) is 0 Å². The predicted molar refractivity (Wildman–Crippen MR) is 112 cm³/mol. The minimum Gasteiger partial charge on any atom is -0.496 e. The first-order chi connectivity index (χ1) is 13.3. The summed E-state index contributed by atoms with van der Waals surface area (Å²) >= 11 is 0. The van der Waals surface area contributed by atoms with Gasteiger partial charge in [-0.05, 0) is 53.5 Å². The van der Waals surface area contributed by atoms with Gasteiger partial charge >= 0.3 is 0 Å². The average molecular weight is 354 g/mol. The molecule has 0 aromatic heterocycles. The standard InChI is InChI=1S/C24H22N2O/c1-27-24-16-23(26-12-4-5-13-26)11-10-21(24)15-22(17-25)20-9-8-18-6-2-3-7-19(18)14-20/h2-3,6-11,14-16H,4-5,12-13H2,1H3/b22-15-. The maximum absolute atomic E-state index is 9.74. The third kappa shape index (κ3) is 3.52. The van der Waals surface area contributed by atoms with Crippen LogP contribution in [0.5, 0.6) is 5.75 Å². The lowest BCUT2D eigenvalue weighted by atomic mass is 10.00. The molecule has 4 rings (SSSR count). The molecule has 3 nitrogen and oxygen atoms in total. The van der Waals surface area contributed by atoms with Crippen molar-refractivity contribution in [2.75, 3.05) is 25.1 Å². The van der Waals surface area contributed by atoms with Gasteiger partial charge in [0, 0.05) is 30.4 Å². The van der Waals surface area contributed by atoms with Crippen LogP contribution in [0.3, 0.4) is 0 Å². The quantitative estimate of drug-likeness (QED) is 0.458. The summed E-state index contributed by atoms with van der Waals surface area (Å²) in [6.07, 6.45) is 4.39. The Morgan fingerprint density at radius 1 is 1.00 bits per heavy atom. The van der Waals surface area contributed by atoms with Gasteiger partial charge in [0.2, 0.25) is 0 Å². The van der Waals surface area contributed by atoms with Crippen LogP contribution in [-0.4, -0.2) is 20.2 Å². The molecular formula is C24H22N2O. The zero-order valence-electron chi connectivity index (χ0n) is 15.5. The lowest BCUT2D eigenvalue weighted by molar-refractivity contribution is 0.414. The molecule has 0 spiro atoms. The van der Waals surface area contributed by atoms with Gasteiger partial charge in [-0.2, -0.15) is 5.26 Å². The number of fused-ring (bicyclic) bond motifs is 1. The first kappa shape index (κ1) is 17.2. The molecule has 3 heteroatoms. The van der Waals surface area contributed by atoms with Crippen molar-refractivity contribution in [2.45, 2.75) is 12.8 Å². The van der Waals surface area contributed by atoms with E-state index in [1.54, 1.807) is 7.11 Å². The van der Waals surface area contributed by atoms with E-state index in [0.29, 0.717) is 5.57 Å². The summed E-state index contributed by atoms with van der Waals surface area (Å²) in [5, 5.41) is 12.0. The highest BCUT2D eigenvalue weighted by molar-refractivity contribution is 5.95. The molecule has 0 N–H and O–H groups in total. The maximum Gasteiger partial charge on any atom is 0.128 e. The number of anilines is 1. The second-order valence-corrected chi connectivity index (χ2v) is 6.85. The second kappa shape index (κ2) is 7.55. The largest absolute Gasteiger partial charge is 0.496 e. The first-order valence-corrected chi connectivity index (χ1v) is 9.32. The monoisotopic (exact) mass is 354 g/mol. The van der Waals surface area contributed by atoms with Crippen molar-refractivity contribution in [3.05, 3.63) is 71.8 Å². The van der Waals surface area contributed by atoms with Crippen LogP contribution in [0.1, 0.15) is 24.0 Å². The highest BCUT2D eigenvalue weighted by atomic mass is 16.5. The summed E-state index contributed by atoms with van der Waals surface area (Å²) in [7, 11) is 1.68. The van der Waals surface area contributed by atoms with Gasteiger partial charge in [-0.25, -0.2) is 0 Å². The van der Waals surface area contributed by atoms with E-state index in [0.717, 1.165) is 35.4 Å². The number of rotatable bonds is 4. The molecule has 0 amide bonds. The minimum absolute atomic E-state index is 0.632. The third-order valence-corrected chi connectivity index (χ3v) is 5.17. The molecule has 1 fully saturated rings. The Kier molecular flexibility index (Phi) is 4.80. The number of ether oxygens (including phenoxy) is 1. The van der Waals surface area contributed by atoms with Crippen molar-refractivity contribution in [3.8, 4) is 11.8 Å². The van der Waals surface area contributed by atoms with Gasteiger partial charge in [-0.15, -0.1) is 0 Å². The number of benzene rings is 3. The number of methoxy groups -OCH3 is 1. The van der Waals surface area contributed by atoms with Gasteiger partial charge in [0.15, 0.2) is 0 Å². The first-order valence-electron chi connectivity index (χ1n) is 9.32. The summed E-state index contributed by atoms with van der Waals surface area (Å²) < 4.78 is 5.62. The lowest BCUT2D eigenvalue weighted by Crippen LogP contribution is -2.17. The summed E-state index contributed by atoms with van der Waals surface area (Å²) in [5.41, 5.74) is 3.66. The Labute approximate surface area is 160 Å². The van der Waals surface area contributed by atoms with E-state index in [1.165, 1.54) is 23.9 Å². The van der Waals surface area contributed by atoms with Crippen molar-refractivity contribution < 1.29 is 4.74 Å². The Hall–Kier alpha value is -3.25. The Morgan fingerprint density at radius 3 is 2.52 bits per heavy atom. The van der Waals surface area contributed by atoms with Gasteiger partial charge < -0.3 is 9.64 Å². The van der Waals surface area contributed by atoms with Crippen molar-refractivity contribution in [3.63, 3.8) is 0 Å². The van der Waals surface area contributed by atoms with Gasteiger partial charge in [-0.1, -0.05) is 36.4 Å². The molecule has 0 bridgehead atoms.